The maximum Gasteiger partial charge on any atom is 0.437 e. The molecule has 3 aromatic carbocycles. The standard InChI is InChI=1S/C21H13ClN2O3/c22-13-9-11-14(12-10-13)23-21(26)27-24-19-17-7-3-1-5-15(17)16-6-2-4-8-18(16)20(19)25/h1-12H,(H,23,26). The van der Waals surface area contributed by atoms with Crippen LogP contribution in [0.2, 0.25) is 5.02 Å². The lowest BCUT2D eigenvalue weighted by Gasteiger charge is -2.19. The minimum Gasteiger partial charge on any atom is -0.297 e. The molecule has 0 heterocycles. The van der Waals surface area contributed by atoms with Crippen molar-refractivity contribution in [3.8, 4) is 11.1 Å². The van der Waals surface area contributed by atoms with Crippen molar-refractivity contribution in [3.63, 3.8) is 0 Å². The Morgan fingerprint density at radius 2 is 1.37 bits per heavy atom. The molecule has 0 bridgehead atoms. The molecule has 1 amide bonds. The van der Waals surface area contributed by atoms with Gasteiger partial charge in [0.2, 0.25) is 5.78 Å². The third kappa shape index (κ3) is 3.32. The molecule has 132 valence electrons. The Labute approximate surface area is 160 Å². The van der Waals surface area contributed by atoms with Crippen LogP contribution in [0.1, 0.15) is 15.9 Å². The fourth-order valence-electron chi connectivity index (χ4n) is 2.94. The maximum atomic E-state index is 12.8. The average molecular weight is 377 g/mol. The van der Waals surface area contributed by atoms with Gasteiger partial charge in [0, 0.05) is 21.8 Å². The maximum absolute atomic E-state index is 12.8. The van der Waals surface area contributed by atoms with Crippen LogP contribution in [0, 0.1) is 0 Å². The van der Waals surface area contributed by atoms with Crippen LogP contribution < -0.4 is 5.32 Å². The Balaban J connectivity index is 1.62. The molecule has 3 aromatic rings. The van der Waals surface area contributed by atoms with Gasteiger partial charge in [-0.25, -0.2) is 4.79 Å². The summed E-state index contributed by atoms with van der Waals surface area (Å²) < 4.78 is 0. The molecule has 0 spiro atoms. The number of oxime groups is 1. The van der Waals surface area contributed by atoms with Crippen LogP contribution in [0.4, 0.5) is 10.5 Å². The van der Waals surface area contributed by atoms with E-state index in [4.69, 9.17) is 16.4 Å². The number of carbonyl (C=O) groups excluding carboxylic acids is 2. The number of benzene rings is 3. The number of anilines is 1. The summed E-state index contributed by atoms with van der Waals surface area (Å²) in [7, 11) is 0. The number of halogens is 1. The highest BCUT2D eigenvalue weighted by Crippen LogP contribution is 2.33. The van der Waals surface area contributed by atoms with Crippen LogP contribution in [0.25, 0.3) is 11.1 Å². The van der Waals surface area contributed by atoms with Crippen molar-refractivity contribution in [3.05, 3.63) is 88.9 Å². The second-order valence-electron chi connectivity index (χ2n) is 5.87. The summed E-state index contributed by atoms with van der Waals surface area (Å²) in [4.78, 5) is 29.8. The zero-order valence-electron chi connectivity index (χ0n) is 14.0. The molecule has 1 aliphatic carbocycles. The van der Waals surface area contributed by atoms with Crippen molar-refractivity contribution >= 4 is 34.9 Å². The van der Waals surface area contributed by atoms with Gasteiger partial charge in [-0.1, -0.05) is 65.3 Å². The smallest absolute Gasteiger partial charge is 0.297 e. The van der Waals surface area contributed by atoms with Gasteiger partial charge >= 0.3 is 6.09 Å². The Bertz CT molecular complexity index is 1070. The number of carbonyl (C=O) groups is 2. The molecule has 0 aliphatic heterocycles. The van der Waals surface area contributed by atoms with Gasteiger partial charge in [-0.2, -0.15) is 0 Å². The topological polar surface area (TPSA) is 67.8 Å². The van der Waals surface area contributed by atoms with Crippen molar-refractivity contribution in [1.29, 1.82) is 0 Å². The molecule has 27 heavy (non-hydrogen) atoms. The van der Waals surface area contributed by atoms with E-state index in [9.17, 15) is 9.59 Å². The number of Topliss-reactive ketones (excluding diaryl/α,β-unsaturated/α-hetero) is 1. The van der Waals surface area contributed by atoms with Crippen LogP contribution in [-0.2, 0) is 4.84 Å². The van der Waals surface area contributed by atoms with Crippen LogP contribution in [0.15, 0.2) is 78.0 Å². The lowest BCUT2D eigenvalue weighted by molar-refractivity contribution is 0.106. The van der Waals surface area contributed by atoms with Crippen molar-refractivity contribution in [2.75, 3.05) is 5.32 Å². The minimum atomic E-state index is -0.797. The molecule has 6 heteroatoms. The van der Waals surface area contributed by atoms with E-state index in [1.807, 2.05) is 30.3 Å². The van der Waals surface area contributed by atoms with E-state index in [-0.39, 0.29) is 11.5 Å². The molecule has 1 aliphatic rings. The van der Waals surface area contributed by atoms with E-state index in [0.717, 1.165) is 11.1 Å². The summed E-state index contributed by atoms with van der Waals surface area (Å²) in [5, 5.41) is 6.93. The number of ketones is 1. The fraction of sp³-hybridized carbons (Fsp3) is 0. The fourth-order valence-corrected chi connectivity index (χ4v) is 3.07. The molecule has 0 saturated carbocycles. The Morgan fingerprint density at radius 3 is 2.04 bits per heavy atom. The molecule has 0 fully saturated rings. The van der Waals surface area contributed by atoms with E-state index in [2.05, 4.69) is 10.5 Å². The van der Waals surface area contributed by atoms with E-state index < -0.39 is 6.09 Å². The molecule has 5 nitrogen and oxygen atoms in total. The van der Waals surface area contributed by atoms with E-state index in [1.165, 1.54) is 0 Å². The van der Waals surface area contributed by atoms with Gasteiger partial charge in [-0.15, -0.1) is 0 Å². The summed E-state index contributed by atoms with van der Waals surface area (Å²) in [6, 6.07) is 21.2. The molecular formula is C21H13ClN2O3. The molecule has 0 aromatic heterocycles. The highest BCUT2D eigenvalue weighted by molar-refractivity contribution is 6.54. The van der Waals surface area contributed by atoms with Gasteiger partial charge < -0.3 is 0 Å². The average Bonchev–Trinajstić information content (AvgIpc) is 2.70. The van der Waals surface area contributed by atoms with Gasteiger partial charge in [0.25, 0.3) is 0 Å². The zero-order valence-corrected chi connectivity index (χ0v) is 14.7. The van der Waals surface area contributed by atoms with E-state index >= 15 is 0 Å². The Morgan fingerprint density at radius 1 is 0.815 bits per heavy atom. The first kappa shape index (κ1) is 17.0. The first-order chi connectivity index (χ1) is 13.1. The molecule has 0 radical (unpaired) electrons. The quantitative estimate of drug-likeness (QED) is 0.496. The summed E-state index contributed by atoms with van der Waals surface area (Å²) in [5.74, 6) is -0.288. The molecule has 4 rings (SSSR count). The molecule has 0 unspecified atom stereocenters. The predicted molar refractivity (Wildman–Crippen MR) is 104 cm³/mol. The van der Waals surface area contributed by atoms with Crippen LogP contribution in [-0.4, -0.2) is 17.6 Å². The normalized spacial score (nSPS) is 13.7. The second kappa shape index (κ2) is 7.05. The van der Waals surface area contributed by atoms with Crippen molar-refractivity contribution in [2.24, 2.45) is 5.16 Å². The third-order valence-electron chi connectivity index (χ3n) is 4.17. The number of hydrogen-bond acceptors (Lipinski definition) is 4. The van der Waals surface area contributed by atoms with Crippen LogP contribution in [0.3, 0.4) is 0 Å². The monoisotopic (exact) mass is 376 g/mol. The highest BCUT2D eigenvalue weighted by Gasteiger charge is 2.29. The van der Waals surface area contributed by atoms with Gasteiger partial charge in [0.1, 0.15) is 0 Å². The highest BCUT2D eigenvalue weighted by atomic mass is 35.5. The number of fused-ring (bicyclic) bond motifs is 3. The predicted octanol–water partition coefficient (Wildman–Crippen LogP) is 5.16. The summed E-state index contributed by atoms with van der Waals surface area (Å²) in [6.45, 7) is 0. The van der Waals surface area contributed by atoms with E-state index in [1.54, 1.807) is 42.5 Å². The first-order valence-electron chi connectivity index (χ1n) is 8.18. The van der Waals surface area contributed by atoms with Gasteiger partial charge in [0.15, 0.2) is 5.71 Å². The molecular weight excluding hydrogens is 364 g/mol. The number of amides is 1. The molecule has 1 N–H and O–H groups in total. The van der Waals surface area contributed by atoms with Gasteiger partial charge in [0.05, 0.1) is 0 Å². The summed E-state index contributed by atoms with van der Waals surface area (Å²) >= 11 is 5.81. The largest absolute Gasteiger partial charge is 0.437 e. The molecule has 0 saturated heterocycles. The van der Waals surface area contributed by atoms with Gasteiger partial charge in [-0.3, -0.25) is 14.9 Å². The number of hydrogen-bond donors (Lipinski definition) is 1. The van der Waals surface area contributed by atoms with E-state index in [0.29, 0.717) is 21.8 Å². The Hall–Kier alpha value is -3.44. The SMILES string of the molecule is O=C(Nc1ccc(Cl)cc1)ON=C1C(=O)c2ccccc2-c2ccccc21. The van der Waals surface area contributed by atoms with Gasteiger partial charge in [-0.05, 0) is 35.4 Å². The lowest BCUT2D eigenvalue weighted by atomic mass is 9.83. The van der Waals surface area contributed by atoms with Crippen LogP contribution in [0.5, 0.6) is 0 Å². The van der Waals surface area contributed by atoms with Crippen molar-refractivity contribution < 1.29 is 14.4 Å². The summed E-state index contributed by atoms with van der Waals surface area (Å²) in [6.07, 6.45) is -0.797. The number of rotatable bonds is 2. The number of nitrogens with zero attached hydrogens (tertiary/aromatic N) is 1. The first-order valence-corrected chi connectivity index (χ1v) is 8.56. The lowest BCUT2D eigenvalue weighted by Crippen LogP contribution is -2.23. The third-order valence-corrected chi connectivity index (χ3v) is 4.42. The van der Waals surface area contributed by atoms with Crippen molar-refractivity contribution in [2.45, 2.75) is 0 Å². The number of nitrogens with one attached hydrogen (secondary N) is 1. The Kier molecular flexibility index (Phi) is 4.44. The van der Waals surface area contributed by atoms with Crippen molar-refractivity contribution in [1.82, 2.24) is 0 Å². The minimum absolute atomic E-state index is 0.0931. The summed E-state index contributed by atoms with van der Waals surface area (Å²) in [5.41, 5.74) is 3.45. The second-order valence-corrected chi connectivity index (χ2v) is 6.31. The molecule has 0 atom stereocenters. The van der Waals surface area contributed by atoms with Crippen LogP contribution >= 0.6 is 11.6 Å². The zero-order chi connectivity index (χ0) is 18.8.